The molecule has 0 aromatic carbocycles. The van der Waals surface area contributed by atoms with E-state index in [4.69, 9.17) is 15.4 Å². The lowest BCUT2D eigenvalue weighted by molar-refractivity contribution is -0.150. The molecule has 15 nitrogen and oxygen atoms in total. The van der Waals surface area contributed by atoms with Crippen molar-refractivity contribution in [1.29, 1.82) is 0 Å². The smallest absolute Gasteiger partial charge is 0.352 e. The molecule has 2 aromatic rings. The molecule has 0 saturated carbocycles. The summed E-state index contributed by atoms with van der Waals surface area (Å²) in [4.78, 5) is 68.5. The monoisotopic (exact) mass is 566 g/mol. The van der Waals surface area contributed by atoms with Crippen LogP contribution in [0.1, 0.15) is 11.4 Å². The van der Waals surface area contributed by atoms with Gasteiger partial charge in [0, 0.05) is 16.5 Å². The van der Waals surface area contributed by atoms with Gasteiger partial charge in [-0.1, -0.05) is 10.3 Å². The van der Waals surface area contributed by atoms with Gasteiger partial charge in [0.25, 0.3) is 17.7 Å². The maximum absolute atomic E-state index is 13.0. The van der Waals surface area contributed by atoms with Gasteiger partial charge >= 0.3 is 5.97 Å². The Balaban J connectivity index is 1.46. The van der Waals surface area contributed by atoms with E-state index in [1.807, 2.05) is 0 Å². The number of rotatable bonds is 9. The molecule has 2 atom stereocenters. The topological polar surface area (TPSA) is 211 Å². The van der Waals surface area contributed by atoms with Gasteiger partial charge in [0.2, 0.25) is 0 Å². The molecule has 0 spiro atoms. The molecule has 0 aliphatic carbocycles. The fourth-order valence-electron chi connectivity index (χ4n) is 3.33. The van der Waals surface area contributed by atoms with Crippen LogP contribution in [-0.4, -0.2) is 86.5 Å². The van der Waals surface area contributed by atoms with Gasteiger partial charge in [0.1, 0.15) is 42.7 Å². The van der Waals surface area contributed by atoms with Crippen LogP contribution in [0.15, 0.2) is 32.8 Å². The molecule has 1 saturated heterocycles. The molecule has 194 valence electrons. The highest BCUT2D eigenvalue weighted by atomic mass is 32.2. The maximum atomic E-state index is 13.0. The first-order valence-corrected chi connectivity index (χ1v) is 13.0. The Morgan fingerprint density at radius 3 is 2.38 bits per heavy atom. The molecule has 2 aromatic heterocycles. The zero-order chi connectivity index (χ0) is 26.7. The van der Waals surface area contributed by atoms with Crippen molar-refractivity contribution in [2.45, 2.75) is 11.4 Å². The van der Waals surface area contributed by atoms with Crippen molar-refractivity contribution in [2.75, 3.05) is 31.0 Å². The Morgan fingerprint density at radius 2 is 1.76 bits per heavy atom. The number of oxime groups is 2. The minimum Gasteiger partial charge on any atom is -0.477 e. The molecule has 2 aliphatic rings. The second-order valence-corrected chi connectivity index (χ2v) is 9.98. The van der Waals surface area contributed by atoms with Crippen LogP contribution in [0.4, 0.5) is 10.3 Å². The number of thioether (sulfide) groups is 1. The summed E-state index contributed by atoms with van der Waals surface area (Å²) < 4.78 is 0. The van der Waals surface area contributed by atoms with E-state index < -0.39 is 35.1 Å². The van der Waals surface area contributed by atoms with E-state index in [0.29, 0.717) is 5.75 Å². The van der Waals surface area contributed by atoms with Crippen LogP contribution in [0.2, 0.25) is 0 Å². The van der Waals surface area contributed by atoms with E-state index in [1.54, 1.807) is 0 Å². The summed E-state index contributed by atoms with van der Waals surface area (Å²) in [6.45, 7) is 0. The average Bonchev–Trinajstić information content (AvgIpc) is 3.52. The van der Waals surface area contributed by atoms with E-state index in [1.165, 1.54) is 42.8 Å². The number of carboxylic acid groups (broad SMARTS) is 1. The molecule has 18 heteroatoms. The van der Waals surface area contributed by atoms with Crippen LogP contribution in [0.5, 0.6) is 0 Å². The van der Waals surface area contributed by atoms with Crippen LogP contribution in [0, 0.1) is 0 Å². The zero-order valence-corrected chi connectivity index (χ0v) is 21.5. The van der Waals surface area contributed by atoms with Crippen LogP contribution in [-0.2, 0) is 28.9 Å². The number of carbonyl (C=O) groups excluding carboxylic acids is 3. The average molecular weight is 567 g/mol. The number of carbonyl (C=O) groups is 4. The number of nitrogens with zero attached hydrogens (tertiary/aromatic N) is 5. The standard InChI is InChI=1S/C19H18N8O7S3/c1-33-25-10(7-5-36-18(20)21-7)14(29)24-19-22-8(6-37-19)11(26-34-2)13(28)23-12-15(30)27-9(17(31)32)3-4-35-16(12)27/h3,5-6,12,16H,4H2,1-2H3,(H2,20,21)(H,23,28)(H,31,32)(H,22,24,29)/b25-10+,26-11+/t12-,16-/m1/s1. The molecule has 5 N–H and O–H groups in total. The summed E-state index contributed by atoms with van der Waals surface area (Å²) >= 11 is 3.43. The lowest BCUT2D eigenvalue weighted by atomic mass is 10.0. The molecule has 4 rings (SSSR count). The fraction of sp³-hybridized carbons (Fsp3) is 0.263. The minimum atomic E-state index is -1.22. The first kappa shape index (κ1) is 26.0. The number of aromatic nitrogens is 2. The number of amides is 3. The summed E-state index contributed by atoms with van der Waals surface area (Å²) in [6, 6.07) is -0.959. The molecule has 0 unspecified atom stereocenters. The van der Waals surface area contributed by atoms with Crippen molar-refractivity contribution in [1.82, 2.24) is 20.2 Å². The number of anilines is 2. The summed E-state index contributed by atoms with van der Waals surface area (Å²) in [7, 11) is 2.50. The SMILES string of the molecule is CO/N=C(/C(=O)Nc1nc(/C(=N\OC)C(=O)N[C@@H]2C(=O)N3C(C(=O)O)=CCS[C@H]23)cs1)c1csc(N)n1. The highest BCUT2D eigenvalue weighted by molar-refractivity contribution is 8.00. The number of fused-ring (bicyclic) bond motifs is 1. The van der Waals surface area contributed by atoms with Crippen molar-refractivity contribution in [3.05, 3.63) is 33.9 Å². The predicted octanol–water partition coefficient (Wildman–Crippen LogP) is -0.110. The summed E-state index contributed by atoms with van der Waals surface area (Å²) in [5, 5.41) is 24.6. The predicted molar refractivity (Wildman–Crippen MR) is 135 cm³/mol. The minimum absolute atomic E-state index is 0.0637. The van der Waals surface area contributed by atoms with Crippen molar-refractivity contribution in [3.63, 3.8) is 0 Å². The zero-order valence-electron chi connectivity index (χ0n) is 19.0. The van der Waals surface area contributed by atoms with Gasteiger partial charge in [-0.05, 0) is 6.08 Å². The van der Waals surface area contributed by atoms with Gasteiger partial charge in [0.05, 0.1) is 0 Å². The number of thiazole rings is 2. The fourth-order valence-corrected chi connectivity index (χ4v) is 5.76. The van der Waals surface area contributed by atoms with Gasteiger partial charge in [-0.15, -0.1) is 34.4 Å². The van der Waals surface area contributed by atoms with E-state index in [0.717, 1.165) is 27.6 Å². The number of β-lactam (4-membered cyclic amide) rings is 1. The molecular weight excluding hydrogens is 548 g/mol. The van der Waals surface area contributed by atoms with E-state index >= 15 is 0 Å². The van der Waals surface area contributed by atoms with Crippen molar-refractivity contribution < 1.29 is 34.0 Å². The molecule has 4 heterocycles. The summed E-state index contributed by atoms with van der Waals surface area (Å²) in [5.41, 5.74) is 5.39. The third kappa shape index (κ3) is 5.25. The Morgan fingerprint density at radius 1 is 1.11 bits per heavy atom. The quantitative estimate of drug-likeness (QED) is 0.179. The number of aliphatic carboxylic acids is 1. The number of hydrogen-bond acceptors (Lipinski definition) is 14. The normalized spacial score (nSPS) is 19.4. The second kappa shape index (κ2) is 10.9. The molecular formula is C19H18N8O7S3. The van der Waals surface area contributed by atoms with Gasteiger partial charge in [-0.2, -0.15) is 0 Å². The Kier molecular flexibility index (Phi) is 7.69. The molecule has 2 aliphatic heterocycles. The largest absolute Gasteiger partial charge is 0.477 e. The van der Waals surface area contributed by atoms with Crippen molar-refractivity contribution in [2.24, 2.45) is 10.3 Å². The number of nitrogens with one attached hydrogen (secondary N) is 2. The van der Waals surface area contributed by atoms with Crippen LogP contribution >= 0.6 is 34.4 Å². The van der Waals surface area contributed by atoms with Gasteiger partial charge < -0.3 is 25.8 Å². The molecule has 0 radical (unpaired) electrons. The summed E-state index contributed by atoms with van der Waals surface area (Å²) in [5.74, 6) is -2.86. The Bertz CT molecular complexity index is 1350. The van der Waals surface area contributed by atoms with E-state index in [9.17, 15) is 24.3 Å². The third-order valence-electron chi connectivity index (χ3n) is 4.88. The first-order chi connectivity index (χ1) is 17.7. The van der Waals surface area contributed by atoms with Crippen molar-refractivity contribution in [3.8, 4) is 0 Å². The van der Waals surface area contributed by atoms with E-state index in [2.05, 4.69) is 30.9 Å². The van der Waals surface area contributed by atoms with Crippen LogP contribution in [0.25, 0.3) is 0 Å². The van der Waals surface area contributed by atoms with E-state index in [-0.39, 0.29) is 38.8 Å². The third-order valence-corrected chi connectivity index (χ3v) is 7.49. The second-order valence-electron chi connectivity index (χ2n) is 7.09. The van der Waals surface area contributed by atoms with Gasteiger partial charge in [-0.3, -0.25) is 24.6 Å². The highest BCUT2D eigenvalue weighted by Crippen LogP contribution is 2.37. The lowest BCUT2D eigenvalue weighted by Gasteiger charge is -2.48. The molecule has 0 bridgehead atoms. The molecule has 3 amide bonds. The lowest BCUT2D eigenvalue weighted by Crippen LogP contribution is -2.70. The molecule has 1 fully saturated rings. The van der Waals surface area contributed by atoms with Gasteiger partial charge in [-0.25, -0.2) is 14.8 Å². The number of carboxylic acids is 1. The van der Waals surface area contributed by atoms with Crippen molar-refractivity contribution >= 4 is 79.8 Å². The Labute approximate surface area is 220 Å². The maximum Gasteiger partial charge on any atom is 0.352 e. The van der Waals surface area contributed by atoms with Crippen LogP contribution < -0.4 is 16.4 Å². The number of nitrogens with two attached hydrogens (primary N) is 1. The molecule has 37 heavy (non-hydrogen) atoms. The van der Waals surface area contributed by atoms with Gasteiger partial charge in [0.15, 0.2) is 21.7 Å². The highest BCUT2D eigenvalue weighted by Gasteiger charge is 2.53. The Hall–Kier alpha value is -4.03. The number of hydrogen-bond donors (Lipinski definition) is 4. The summed E-state index contributed by atoms with van der Waals surface area (Å²) in [6.07, 6.45) is 1.44. The first-order valence-electron chi connectivity index (χ1n) is 10.1. The number of nitrogen functional groups attached to an aromatic ring is 1. The van der Waals surface area contributed by atoms with Crippen LogP contribution in [0.3, 0.4) is 0 Å².